The van der Waals surface area contributed by atoms with Crippen LogP contribution in [0.2, 0.25) is 5.02 Å². The van der Waals surface area contributed by atoms with Gasteiger partial charge in [-0.05, 0) is 45.4 Å². The quantitative estimate of drug-likeness (QED) is 0.857. The number of rotatable bonds is 1. The summed E-state index contributed by atoms with van der Waals surface area (Å²) >= 11 is 6.10. The Hall–Kier alpha value is -1.95. The van der Waals surface area contributed by atoms with Crippen molar-refractivity contribution in [1.82, 2.24) is 0 Å². The fraction of sp³-hybridized carbons (Fsp3) is 0.467. The van der Waals surface area contributed by atoms with Gasteiger partial charge >= 0.3 is 12.1 Å². The molecule has 0 spiro atoms. The van der Waals surface area contributed by atoms with E-state index in [0.717, 1.165) is 5.56 Å². The molecule has 6 nitrogen and oxygen atoms in total. The normalized spacial score (nSPS) is 17.5. The van der Waals surface area contributed by atoms with Gasteiger partial charge in [-0.15, -0.1) is 0 Å². The second kappa shape index (κ2) is 5.68. The third-order valence-corrected chi connectivity index (χ3v) is 3.45. The number of hydrogen-bond acceptors (Lipinski definition) is 4. The van der Waals surface area contributed by atoms with Crippen molar-refractivity contribution in [3.05, 3.63) is 22.7 Å². The van der Waals surface area contributed by atoms with Gasteiger partial charge in [0, 0.05) is 5.02 Å². The molecule has 0 saturated heterocycles. The summed E-state index contributed by atoms with van der Waals surface area (Å²) in [7, 11) is 0. The SMILES string of the molecule is Cc1cc2c(cc1Cl)N(C(=O)OC(C)(C)C)CC(C(=O)O)O2. The highest BCUT2D eigenvalue weighted by atomic mass is 35.5. The molecule has 1 aliphatic rings. The molecular formula is C15H18ClNO5. The Bertz CT molecular complexity index is 623. The first-order valence-corrected chi connectivity index (χ1v) is 7.16. The van der Waals surface area contributed by atoms with Gasteiger partial charge in [0.1, 0.15) is 11.4 Å². The van der Waals surface area contributed by atoms with Crippen molar-refractivity contribution in [3.63, 3.8) is 0 Å². The number of halogens is 1. The van der Waals surface area contributed by atoms with E-state index in [1.54, 1.807) is 39.8 Å². The van der Waals surface area contributed by atoms with E-state index in [1.165, 1.54) is 4.90 Å². The minimum absolute atomic E-state index is 0.142. The van der Waals surface area contributed by atoms with E-state index in [0.29, 0.717) is 16.5 Å². The zero-order valence-electron chi connectivity index (χ0n) is 12.8. The fourth-order valence-electron chi connectivity index (χ4n) is 2.02. The molecule has 1 heterocycles. The van der Waals surface area contributed by atoms with E-state index in [4.69, 9.17) is 21.1 Å². The molecule has 2 rings (SSSR count). The van der Waals surface area contributed by atoms with Crippen molar-refractivity contribution in [1.29, 1.82) is 0 Å². The van der Waals surface area contributed by atoms with Gasteiger partial charge < -0.3 is 14.6 Å². The largest absolute Gasteiger partial charge is 0.478 e. The summed E-state index contributed by atoms with van der Waals surface area (Å²) in [5, 5.41) is 9.65. The number of carbonyl (C=O) groups excluding carboxylic acids is 1. The summed E-state index contributed by atoms with van der Waals surface area (Å²) in [5.74, 6) is -0.849. The molecular weight excluding hydrogens is 310 g/mol. The number of carboxylic acid groups (broad SMARTS) is 1. The molecule has 1 N–H and O–H groups in total. The van der Waals surface area contributed by atoms with Crippen LogP contribution < -0.4 is 9.64 Å². The Morgan fingerprint density at radius 3 is 2.59 bits per heavy atom. The summed E-state index contributed by atoms with van der Waals surface area (Å²) < 4.78 is 10.8. The fourth-order valence-corrected chi connectivity index (χ4v) is 2.18. The maximum absolute atomic E-state index is 12.4. The molecule has 0 radical (unpaired) electrons. The maximum Gasteiger partial charge on any atom is 0.415 e. The first-order chi connectivity index (χ1) is 10.1. The zero-order valence-corrected chi connectivity index (χ0v) is 13.6. The third-order valence-electron chi connectivity index (χ3n) is 3.04. The highest BCUT2D eigenvalue weighted by Crippen LogP contribution is 2.38. The van der Waals surface area contributed by atoms with Gasteiger partial charge in [0.2, 0.25) is 6.10 Å². The predicted molar refractivity (Wildman–Crippen MR) is 81.8 cm³/mol. The number of aryl methyl sites for hydroxylation is 1. The van der Waals surface area contributed by atoms with Crippen LogP contribution in [-0.4, -0.2) is 35.4 Å². The van der Waals surface area contributed by atoms with Crippen molar-refractivity contribution < 1.29 is 24.2 Å². The highest BCUT2D eigenvalue weighted by Gasteiger charge is 2.36. The zero-order chi connectivity index (χ0) is 16.7. The number of carboxylic acids is 1. The number of hydrogen-bond donors (Lipinski definition) is 1. The molecule has 22 heavy (non-hydrogen) atoms. The molecule has 0 fully saturated rings. The molecule has 1 amide bonds. The van der Waals surface area contributed by atoms with E-state index in [9.17, 15) is 14.7 Å². The summed E-state index contributed by atoms with van der Waals surface area (Å²) in [5.41, 5.74) is 0.445. The molecule has 0 aliphatic carbocycles. The summed E-state index contributed by atoms with van der Waals surface area (Å²) in [4.78, 5) is 24.8. The topological polar surface area (TPSA) is 76.1 Å². The Morgan fingerprint density at radius 1 is 1.41 bits per heavy atom. The van der Waals surface area contributed by atoms with E-state index in [-0.39, 0.29) is 6.54 Å². The van der Waals surface area contributed by atoms with Gasteiger partial charge in [0.25, 0.3) is 0 Å². The molecule has 0 aromatic heterocycles. The van der Waals surface area contributed by atoms with Gasteiger partial charge in [0.05, 0.1) is 12.2 Å². The van der Waals surface area contributed by atoms with Crippen molar-refractivity contribution >= 4 is 29.4 Å². The molecule has 1 aromatic rings. The molecule has 1 unspecified atom stereocenters. The third kappa shape index (κ3) is 3.44. The molecule has 0 bridgehead atoms. The van der Waals surface area contributed by atoms with Crippen LogP contribution in [0, 0.1) is 6.92 Å². The lowest BCUT2D eigenvalue weighted by molar-refractivity contribution is -0.144. The monoisotopic (exact) mass is 327 g/mol. The first kappa shape index (κ1) is 16.4. The van der Waals surface area contributed by atoms with Crippen LogP contribution in [0.15, 0.2) is 12.1 Å². The van der Waals surface area contributed by atoms with Crippen LogP contribution >= 0.6 is 11.6 Å². The minimum atomic E-state index is -1.15. The van der Waals surface area contributed by atoms with Gasteiger partial charge in [-0.3, -0.25) is 4.90 Å². The number of benzene rings is 1. The number of anilines is 1. The van der Waals surface area contributed by atoms with Crippen LogP contribution in [0.5, 0.6) is 5.75 Å². The number of carbonyl (C=O) groups is 2. The molecule has 7 heteroatoms. The first-order valence-electron chi connectivity index (χ1n) is 6.78. The van der Waals surface area contributed by atoms with Gasteiger partial charge in [-0.2, -0.15) is 0 Å². The Morgan fingerprint density at radius 2 is 2.05 bits per heavy atom. The smallest absolute Gasteiger partial charge is 0.415 e. The second-order valence-corrected chi connectivity index (χ2v) is 6.51. The standard InChI is InChI=1S/C15H18ClNO5/c1-8-5-11-10(6-9(8)16)17(7-12(21-11)13(18)19)14(20)22-15(2,3)4/h5-6,12H,7H2,1-4H3,(H,18,19). The average Bonchev–Trinajstić information content (AvgIpc) is 2.36. The van der Waals surface area contributed by atoms with Gasteiger partial charge in [0.15, 0.2) is 0 Å². The van der Waals surface area contributed by atoms with Crippen LogP contribution in [0.4, 0.5) is 10.5 Å². The molecule has 1 atom stereocenters. The van der Waals surface area contributed by atoms with Crippen LogP contribution in [0.25, 0.3) is 0 Å². The summed E-state index contributed by atoms with van der Waals surface area (Å²) in [6.07, 6.45) is -1.79. The Labute approximate surface area is 133 Å². The van der Waals surface area contributed by atoms with E-state index >= 15 is 0 Å². The summed E-state index contributed by atoms with van der Waals surface area (Å²) in [6, 6.07) is 3.19. The van der Waals surface area contributed by atoms with Crippen molar-refractivity contribution in [3.8, 4) is 5.75 Å². The molecule has 120 valence electrons. The van der Waals surface area contributed by atoms with E-state index in [1.807, 2.05) is 0 Å². The van der Waals surface area contributed by atoms with Crippen LogP contribution in [0.1, 0.15) is 26.3 Å². The average molecular weight is 328 g/mol. The second-order valence-electron chi connectivity index (χ2n) is 6.10. The lowest BCUT2D eigenvalue weighted by Gasteiger charge is -2.34. The number of aliphatic carboxylic acids is 1. The number of ether oxygens (including phenoxy) is 2. The van der Waals surface area contributed by atoms with Crippen molar-refractivity contribution in [2.24, 2.45) is 0 Å². The van der Waals surface area contributed by atoms with Crippen molar-refractivity contribution in [2.45, 2.75) is 39.4 Å². The molecule has 0 saturated carbocycles. The number of fused-ring (bicyclic) bond motifs is 1. The Kier molecular flexibility index (Phi) is 4.24. The molecule has 1 aromatic carbocycles. The van der Waals surface area contributed by atoms with Crippen molar-refractivity contribution in [2.75, 3.05) is 11.4 Å². The van der Waals surface area contributed by atoms with Crippen LogP contribution in [0.3, 0.4) is 0 Å². The van der Waals surface area contributed by atoms with E-state index < -0.39 is 23.8 Å². The van der Waals surface area contributed by atoms with E-state index in [2.05, 4.69) is 0 Å². The number of amides is 1. The molecule has 1 aliphatic heterocycles. The predicted octanol–water partition coefficient (Wildman–Crippen LogP) is 3.24. The lowest BCUT2D eigenvalue weighted by atomic mass is 10.1. The minimum Gasteiger partial charge on any atom is -0.478 e. The maximum atomic E-state index is 12.4. The number of nitrogens with zero attached hydrogens (tertiary/aromatic N) is 1. The summed E-state index contributed by atoms with van der Waals surface area (Å²) in [6.45, 7) is 6.85. The van der Waals surface area contributed by atoms with Crippen LogP contribution in [-0.2, 0) is 9.53 Å². The Balaban J connectivity index is 2.43. The highest BCUT2D eigenvalue weighted by molar-refractivity contribution is 6.31. The van der Waals surface area contributed by atoms with Gasteiger partial charge in [-0.1, -0.05) is 11.6 Å². The lowest BCUT2D eigenvalue weighted by Crippen LogP contribution is -2.48. The van der Waals surface area contributed by atoms with Gasteiger partial charge in [-0.25, -0.2) is 9.59 Å².